The molecule has 2 atom stereocenters. The average molecular weight is 483 g/mol. The lowest BCUT2D eigenvalue weighted by Crippen LogP contribution is -2.34. The minimum Gasteiger partial charge on any atom is -0.345 e. The van der Waals surface area contributed by atoms with E-state index >= 15 is 0 Å². The van der Waals surface area contributed by atoms with E-state index in [9.17, 15) is 0 Å². The molecular weight excluding hydrogens is 442 g/mol. The van der Waals surface area contributed by atoms with Crippen LogP contribution in [0.15, 0.2) is 84.2 Å². The largest absolute Gasteiger partial charge is 0.345 e. The van der Waals surface area contributed by atoms with Crippen LogP contribution in [0, 0.1) is 11.3 Å². The van der Waals surface area contributed by atoms with Gasteiger partial charge in [-0.15, -0.1) is 0 Å². The summed E-state index contributed by atoms with van der Waals surface area (Å²) in [5.41, 5.74) is 4.86. The molecule has 0 heterocycles. The fraction of sp³-hybridized carbons (Fsp3) is 0.448. The van der Waals surface area contributed by atoms with Gasteiger partial charge in [0.2, 0.25) is 0 Å². The molecule has 0 radical (unpaired) electrons. The molecule has 0 saturated heterocycles. The molecule has 2 heteroatoms. The molecule has 0 bridgehead atoms. The molecule has 1 aromatic rings. The van der Waals surface area contributed by atoms with Gasteiger partial charge in [-0.3, -0.25) is 0 Å². The van der Waals surface area contributed by atoms with Crippen LogP contribution in [0.1, 0.15) is 71.3 Å². The zero-order chi connectivity index (χ0) is 22.9. The molecule has 0 spiro atoms. The van der Waals surface area contributed by atoms with Gasteiger partial charge in [-0.05, 0) is 60.9 Å². The number of nitrogens with zero attached hydrogens (tertiary/aromatic N) is 1. The molecule has 2 rings (SSSR count). The van der Waals surface area contributed by atoms with Crippen molar-refractivity contribution in [1.29, 1.82) is 0 Å². The van der Waals surface area contributed by atoms with Crippen molar-refractivity contribution in [2.24, 2.45) is 11.3 Å². The van der Waals surface area contributed by atoms with Crippen molar-refractivity contribution < 1.29 is 0 Å². The highest BCUT2D eigenvalue weighted by molar-refractivity contribution is 9.10. The summed E-state index contributed by atoms with van der Waals surface area (Å²) in [5.74, 6) is 0.626. The second kappa shape index (κ2) is 12.3. The Hall–Kier alpha value is -1.80. The summed E-state index contributed by atoms with van der Waals surface area (Å²) in [7, 11) is 0. The zero-order valence-corrected chi connectivity index (χ0v) is 21.4. The maximum absolute atomic E-state index is 4.31. The van der Waals surface area contributed by atoms with Crippen molar-refractivity contribution >= 4 is 21.5 Å². The normalized spacial score (nSPS) is 20.6. The van der Waals surface area contributed by atoms with Crippen molar-refractivity contribution in [2.45, 2.75) is 65.7 Å². The van der Waals surface area contributed by atoms with Crippen LogP contribution in [-0.2, 0) is 0 Å². The summed E-state index contributed by atoms with van der Waals surface area (Å²) in [6, 6.07) is 8.34. The highest BCUT2D eigenvalue weighted by Crippen LogP contribution is 2.49. The summed E-state index contributed by atoms with van der Waals surface area (Å²) in [6.07, 6.45) is 17.1. The summed E-state index contributed by atoms with van der Waals surface area (Å²) >= 11 is 3.49. The third kappa shape index (κ3) is 6.84. The summed E-state index contributed by atoms with van der Waals surface area (Å²) < 4.78 is 1.09. The van der Waals surface area contributed by atoms with Crippen LogP contribution in [0.3, 0.4) is 0 Å². The Labute approximate surface area is 199 Å². The van der Waals surface area contributed by atoms with Crippen molar-refractivity contribution in [3.05, 3.63) is 89.7 Å². The Morgan fingerprint density at radius 1 is 1.19 bits per heavy atom. The van der Waals surface area contributed by atoms with Crippen molar-refractivity contribution in [1.82, 2.24) is 4.90 Å². The Kier molecular flexibility index (Phi) is 10.1. The first-order valence-electron chi connectivity index (χ1n) is 11.7. The molecule has 1 aromatic carbocycles. The van der Waals surface area contributed by atoms with Gasteiger partial charge in [-0.2, -0.15) is 0 Å². The van der Waals surface area contributed by atoms with Crippen LogP contribution in [-0.4, -0.2) is 11.4 Å². The first-order chi connectivity index (χ1) is 14.8. The SMILES string of the molecule is C=CC(=C)N(CCCCCC)C1=CC[C@H](C)C1(C)CC/C=C\C(=C)c1ccc(Br)cc1. The van der Waals surface area contributed by atoms with Crippen LogP contribution in [0.5, 0.6) is 0 Å². The van der Waals surface area contributed by atoms with Crippen LogP contribution >= 0.6 is 15.9 Å². The first-order valence-corrected chi connectivity index (χ1v) is 12.5. The lowest BCUT2D eigenvalue weighted by molar-refractivity contribution is 0.207. The van der Waals surface area contributed by atoms with Crippen LogP contribution < -0.4 is 0 Å². The van der Waals surface area contributed by atoms with E-state index in [-0.39, 0.29) is 5.41 Å². The molecule has 1 nitrogen and oxygen atoms in total. The van der Waals surface area contributed by atoms with Crippen molar-refractivity contribution in [2.75, 3.05) is 6.54 Å². The third-order valence-electron chi connectivity index (χ3n) is 6.81. The summed E-state index contributed by atoms with van der Waals surface area (Å²) in [5, 5.41) is 0. The summed E-state index contributed by atoms with van der Waals surface area (Å²) in [6.45, 7) is 20.7. The second-order valence-electron chi connectivity index (χ2n) is 9.02. The first kappa shape index (κ1) is 25.5. The number of hydrogen-bond donors (Lipinski definition) is 0. The fourth-order valence-corrected chi connectivity index (χ4v) is 4.69. The lowest BCUT2D eigenvalue weighted by Gasteiger charge is -2.40. The van der Waals surface area contributed by atoms with Crippen molar-refractivity contribution in [3.63, 3.8) is 0 Å². The molecule has 0 aromatic heterocycles. The average Bonchev–Trinajstić information content (AvgIpc) is 3.05. The van der Waals surface area contributed by atoms with Crippen LogP contribution in [0.25, 0.3) is 5.57 Å². The van der Waals surface area contributed by atoms with Gasteiger partial charge in [0, 0.05) is 27.8 Å². The molecule has 0 saturated carbocycles. The van der Waals surface area contributed by atoms with E-state index in [0.29, 0.717) is 5.92 Å². The molecular formula is C29H40BrN. The predicted molar refractivity (Wildman–Crippen MR) is 142 cm³/mol. The van der Waals surface area contributed by atoms with Crippen LogP contribution in [0.2, 0.25) is 0 Å². The molecule has 0 N–H and O–H groups in total. The second-order valence-corrected chi connectivity index (χ2v) is 9.94. The van der Waals surface area contributed by atoms with E-state index in [0.717, 1.165) is 41.6 Å². The number of allylic oxidation sites excluding steroid dienone is 6. The van der Waals surface area contributed by atoms with Gasteiger partial charge in [0.1, 0.15) is 0 Å². The molecule has 1 aliphatic rings. The highest BCUT2D eigenvalue weighted by atomic mass is 79.9. The summed E-state index contributed by atoms with van der Waals surface area (Å²) in [4.78, 5) is 2.44. The van der Waals surface area contributed by atoms with E-state index in [1.165, 1.54) is 36.9 Å². The van der Waals surface area contributed by atoms with E-state index in [1.807, 2.05) is 6.08 Å². The Morgan fingerprint density at radius 3 is 2.55 bits per heavy atom. The topological polar surface area (TPSA) is 3.24 Å². The smallest absolute Gasteiger partial charge is 0.0329 e. The number of benzene rings is 1. The van der Waals surface area contributed by atoms with Gasteiger partial charge in [-0.1, -0.05) is 106 Å². The zero-order valence-electron chi connectivity index (χ0n) is 19.8. The molecule has 1 aliphatic carbocycles. The van der Waals surface area contributed by atoms with E-state index in [1.54, 1.807) is 0 Å². The maximum atomic E-state index is 4.31. The number of halogens is 1. The van der Waals surface area contributed by atoms with Gasteiger partial charge < -0.3 is 4.90 Å². The van der Waals surface area contributed by atoms with E-state index < -0.39 is 0 Å². The molecule has 0 fully saturated rings. The molecule has 1 unspecified atom stereocenters. The molecule has 0 aliphatic heterocycles. The van der Waals surface area contributed by atoms with Crippen LogP contribution in [0.4, 0.5) is 0 Å². The van der Waals surface area contributed by atoms with Gasteiger partial charge >= 0.3 is 0 Å². The van der Waals surface area contributed by atoms with Gasteiger partial charge in [-0.25, -0.2) is 0 Å². The monoisotopic (exact) mass is 481 g/mol. The Morgan fingerprint density at radius 2 is 1.90 bits per heavy atom. The van der Waals surface area contributed by atoms with Gasteiger partial charge in [0.25, 0.3) is 0 Å². The fourth-order valence-electron chi connectivity index (χ4n) is 4.42. The standard InChI is InChI=1S/C29H40BrN/c1-7-9-10-13-22-31(25(5)8-2)28-20-15-24(4)29(28,6)21-12-11-14-23(3)26-16-18-27(30)19-17-26/h8,11,14,16-20,24H,2-3,5,7,9-10,12-13,15,21-22H2,1,4,6H3/b14-11-/t24-,29?/m0/s1. The Balaban J connectivity index is 2.05. The maximum Gasteiger partial charge on any atom is 0.0329 e. The molecule has 31 heavy (non-hydrogen) atoms. The number of rotatable bonds is 13. The highest BCUT2D eigenvalue weighted by Gasteiger charge is 2.40. The van der Waals surface area contributed by atoms with Gasteiger partial charge in [0.15, 0.2) is 0 Å². The van der Waals surface area contributed by atoms with E-state index in [2.05, 4.69) is 104 Å². The quantitative estimate of drug-likeness (QED) is 0.200. The Bertz CT molecular complexity index is 814. The minimum absolute atomic E-state index is 0.153. The van der Waals surface area contributed by atoms with Gasteiger partial charge in [0.05, 0.1) is 0 Å². The molecule has 0 amide bonds. The van der Waals surface area contributed by atoms with Crippen molar-refractivity contribution in [3.8, 4) is 0 Å². The lowest BCUT2D eigenvalue weighted by atomic mass is 9.74. The molecule has 168 valence electrons. The number of unbranched alkanes of at least 4 members (excludes halogenated alkanes) is 3. The number of hydrogen-bond acceptors (Lipinski definition) is 1. The predicted octanol–water partition coefficient (Wildman–Crippen LogP) is 9.31. The van der Waals surface area contributed by atoms with E-state index in [4.69, 9.17) is 0 Å². The third-order valence-corrected chi connectivity index (χ3v) is 7.34. The minimum atomic E-state index is 0.153.